The third-order valence-electron chi connectivity index (χ3n) is 6.86. The number of benzene rings is 3. The van der Waals surface area contributed by atoms with E-state index in [-0.39, 0.29) is 17.9 Å². The molecule has 0 aliphatic heterocycles. The topological polar surface area (TPSA) is 65.9 Å². The number of aliphatic hydroxyl groups excluding tert-OH is 1. The molecule has 0 aliphatic rings. The Labute approximate surface area is 231 Å². The summed E-state index contributed by atoms with van der Waals surface area (Å²) >= 11 is 0. The number of nitrogens with zero attached hydrogens (tertiary/aromatic N) is 3. The van der Waals surface area contributed by atoms with Gasteiger partial charge in [-0.15, -0.1) is 0 Å². The van der Waals surface area contributed by atoms with Crippen molar-refractivity contribution in [3.8, 4) is 16.9 Å². The average Bonchev–Trinajstić information content (AvgIpc) is 2.90. The van der Waals surface area contributed by atoms with Crippen LogP contribution >= 0.6 is 0 Å². The van der Waals surface area contributed by atoms with Gasteiger partial charge in [-0.2, -0.15) is 0 Å². The summed E-state index contributed by atoms with van der Waals surface area (Å²) < 4.78 is 5.40. The Bertz CT molecular complexity index is 1440. The van der Waals surface area contributed by atoms with E-state index in [1.165, 1.54) is 0 Å². The van der Waals surface area contributed by atoms with Gasteiger partial charge in [0.2, 0.25) is 5.91 Å². The molecule has 6 nitrogen and oxygen atoms in total. The fourth-order valence-corrected chi connectivity index (χ4v) is 4.75. The second-order valence-electron chi connectivity index (χ2n) is 11.3. The van der Waals surface area contributed by atoms with Crippen molar-refractivity contribution in [2.24, 2.45) is 5.41 Å². The van der Waals surface area contributed by atoms with E-state index >= 15 is 0 Å². The summed E-state index contributed by atoms with van der Waals surface area (Å²) in [4.78, 5) is 22.2. The summed E-state index contributed by atoms with van der Waals surface area (Å²) in [5.74, 6) is 1.57. The molecule has 6 heteroatoms. The fourth-order valence-electron chi connectivity index (χ4n) is 4.75. The summed E-state index contributed by atoms with van der Waals surface area (Å²) in [7, 11) is 3.64. The first kappa shape index (κ1) is 28.1. The monoisotopic (exact) mass is 525 g/mol. The highest BCUT2D eigenvalue weighted by Crippen LogP contribution is 2.32. The van der Waals surface area contributed by atoms with E-state index in [1.54, 1.807) is 13.3 Å². The molecule has 1 heterocycles. The molecule has 0 saturated carbocycles. The van der Waals surface area contributed by atoms with Crippen molar-refractivity contribution in [3.63, 3.8) is 0 Å². The zero-order valence-electron chi connectivity index (χ0n) is 23.9. The van der Waals surface area contributed by atoms with Gasteiger partial charge in [0.1, 0.15) is 11.6 Å². The zero-order chi connectivity index (χ0) is 28.2. The second-order valence-corrected chi connectivity index (χ2v) is 11.3. The number of amides is 1. The second kappa shape index (κ2) is 11.9. The number of hydrogen-bond donors (Lipinski definition) is 1. The highest BCUT2D eigenvalue weighted by atomic mass is 16.5. The van der Waals surface area contributed by atoms with Crippen LogP contribution in [0.4, 0.5) is 11.5 Å². The lowest BCUT2D eigenvalue weighted by atomic mass is 9.91. The highest BCUT2D eigenvalue weighted by molar-refractivity contribution is 6.02. The molecular formula is C33H39N3O3. The largest absolute Gasteiger partial charge is 0.496 e. The Balaban J connectivity index is 1.68. The maximum Gasteiger partial charge on any atom is 0.229 e. The first-order valence-corrected chi connectivity index (χ1v) is 13.3. The van der Waals surface area contributed by atoms with E-state index in [0.29, 0.717) is 25.3 Å². The number of fused-ring (bicyclic) bond motifs is 1. The number of likely N-dealkylation sites (N-methyl/N-ethyl adjacent to an activating group) is 1. The molecule has 3 aromatic carbocycles. The number of aromatic nitrogens is 1. The van der Waals surface area contributed by atoms with Gasteiger partial charge in [-0.05, 0) is 76.4 Å². The smallest absolute Gasteiger partial charge is 0.229 e. The van der Waals surface area contributed by atoms with E-state index in [0.717, 1.165) is 44.5 Å². The van der Waals surface area contributed by atoms with Crippen LogP contribution in [0, 0.1) is 12.3 Å². The Kier molecular flexibility index (Phi) is 8.56. The maximum atomic E-state index is 13.7. The van der Waals surface area contributed by atoms with Crippen molar-refractivity contribution in [3.05, 3.63) is 84.1 Å². The van der Waals surface area contributed by atoms with Crippen molar-refractivity contribution < 1.29 is 14.6 Å². The number of pyridine rings is 1. The van der Waals surface area contributed by atoms with Crippen LogP contribution < -0.4 is 14.5 Å². The third-order valence-corrected chi connectivity index (χ3v) is 6.86. The Morgan fingerprint density at radius 2 is 1.69 bits per heavy atom. The Morgan fingerprint density at radius 1 is 0.974 bits per heavy atom. The van der Waals surface area contributed by atoms with Crippen molar-refractivity contribution in [2.75, 3.05) is 37.1 Å². The van der Waals surface area contributed by atoms with Crippen molar-refractivity contribution >= 4 is 28.2 Å². The van der Waals surface area contributed by atoms with Gasteiger partial charge in [0.15, 0.2) is 0 Å². The zero-order valence-corrected chi connectivity index (χ0v) is 23.9. The van der Waals surface area contributed by atoms with Gasteiger partial charge in [-0.25, -0.2) is 4.98 Å². The van der Waals surface area contributed by atoms with Crippen LogP contribution in [0.2, 0.25) is 0 Å². The van der Waals surface area contributed by atoms with E-state index in [2.05, 4.69) is 63.2 Å². The van der Waals surface area contributed by atoms with Crippen LogP contribution in [0.1, 0.15) is 38.3 Å². The van der Waals surface area contributed by atoms with Gasteiger partial charge < -0.3 is 14.7 Å². The van der Waals surface area contributed by atoms with Gasteiger partial charge in [-0.3, -0.25) is 9.69 Å². The number of rotatable bonds is 9. The van der Waals surface area contributed by atoms with E-state index in [1.807, 2.05) is 48.0 Å². The lowest BCUT2D eigenvalue weighted by Gasteiger charge is -2.27. The first-order valence-electron chi connectivity index (χ1n) is 13.3. The molecule has 0 spiro atoms. The van der Waals surface area contributed by atoms with Gasteiger partial charge in [0.25, 0.3) is 0 Å². The van der Waals surface area contributed by atoms with Gasteiger partial charge in [0.05, 0.1) is 20.3 Å². The third kappa shape index (κ3) is 6.76. The lowest BCUT2D eigenvalue weighted by Crippen LogP contribution is -2.34. The lowest BCUT2D eigenvalue weighted by molar-refractivity contribution is -0.120. The van der Waals surface area contributed by atoms with Gasteiger partial charge in [0, 0.05) is 37.3 Å². The van der Waals surface area contributed by atoms with Crippen LogP contribution in [-0.4, -0.2) is 43.3 Å². The van der Waals surface area contributed by atoms with Crippen LogP contribution in [-0.2, 0) is 11.3 Å². The Hall–Kier alpha value is -3.90. The molecule has 0 saturated heterocycles. The minimum atomic E-state index is -0.157. The van der Waals surface area contributed by atoms with Crippen LogP contribution in [0.15, 0.2) is 72.9 Å². The summed E-state index contributed by atoms with van der Waals surface area (Å²) in [6, 6.07) is 22.6. The molecular weight excluding hydrogens is 486 g/mol. The minimum absolute atomic E-state index is 0.0406. The van der Waals surface area contributed by atoms with E-state index in [9.17, 15) is 9.90 Å². The summed E-state index contributed by atoms with van der Waals surface area (Å²) in [6.07, 6.45) is 2.17. The standard InChI is InChI=1S/C33H39N3O3/c1-23-19-26(11-14-30(23)39-6)25-9-7-24(8-10-25)22-36(31(38)21-33(2,3)4)32-29-13-12-28(35(5)17-18-37)20-27(29)15-16-34-32/h7-16,19-20,37H,17-18,21-22H2,1-6H3. The maximum absolute atomic E-state index is 13.7. The predicted molar refractivity (Wildman–Crippen MR) is 161 cm³/mol. The number of methoxy groups -OCH3 is 1. The summed E-state index contributed by atoms with van der Waals surface area (Å²) in [5.41, 5.74) is 5.20. The SMILES string of the molecule is COc1ccc(-c2ccc(CN(C(=O)CC(C)(C)C)c3nccc4cc(N(C)CCO)ccc34)cc2)cc1C. The number of aryl methyl sites for hydroxylation is 1. The van der Waals surface area contributed by atoms with Crippen molar-refractivity contribution in [2.45, 2.75) is 40.7 Å². The predicted octanol–water partition coefficient (Wildman–Crippen LogP) is 6.62. The molecule has 39 heavy (non-hydrogen) atoms. The van der Waals surface area contributed by atoms with Crippen LogP contribution in [0.3, 0.4) is 0 Å². The molecule has 1 N–H and O–H groups in total. The van der Waals surface area contributed by atoms with Crippen LogP contribution in [0.25, 0.3) is 21.9 Å². The molecule has 0 aliphatic carbocycles. The molecule has 0 atom stereocenters. The van der Waals surface area contributed by atoms with Crippen LogP contribution in [0.5, 0.6) is 5.75 Å². The van der Waals surface area contributed by atoms with Gasteiger partial charge in [-0.1, -0.05) is 51.1 Å². The molecule has 4 rings (SSSR count). The van der Waals surface area contributed by atoms with Gasteiger partial charge >= 0.3 is 0 Å². The molecule has 1 aromatic heterocycles. The number of carbonyl (C=O) groups excluding carboxylic acids is 1. The molecule has 1 amide bonds. The number of anilines is 2. The number of ether oxygens (including phenoxy) is 1. The molecule has 4 aromatic rings. The highest BCUT2D eigenvalue weighted by Gasteiger charge is 2.25. The van der Waals surface area contributed by atoms with Crippen molar-refractivity contribution in [1.29, 1.82) is 0 Å². The minimum Gasteiger partial charge on any atom is -0.496 e. The summed E-state index contributed by atoms with van der Waals surface area (Å²) in [5, 5.41) is 11.3. The summed E-state index contributed by atoms with van der Waals surface area (Å²) in [6.45, 7) is 9.33. The number of aliphatic hydroxyl groups is 1. The molecule has 0 fully saturated rings. The molecule has 0 unspecified atom stereocenters. The van der Waals surface area contributed by atoms with E-state index in [4.69, 9.17) is 9.72 Å². The number of carbonyl (C=O) groups is 1. The quantitative estimate of drug-likeness (QED) is 0.266. The van der Waals surface area contributed by atoms with Crippen molar-refractivity contribution in [1.82, 2.24) is 4.98 Å². The normalized spacial score (nSPS) is 11.5. The Morgan fingerprint density at radius 3 is 2.33 bits per heavy atom. The van der Waals surface area contributed by atoms with E-state index < -0.39 is 0 Å². The molecule has 204 valence electrons. The first-order chi connectivity index (χ1) is 18.6. The fraction of sp³-hybridized carbons (Fsp3) is 0.333. The average molecular weight is 526 g/mol. The number of hydrogen-bond acceptors (Lipinski definition) is 5. The molecule has 0 radical (unpaired) electrons. The molecule has 0 bridgehead atoms.